The van der Waals surface area contributed by atoms with Crippen LogP contribution in [-0.4, -0.2) is 17.4 Å². The van der Waals surface area contributed by atoms with Crippen LogP contribution < -0.4 is 5.32 Å². The van der Waals surface area contributed by atoms with Crippen LogP contribution in [0.4, 0.5) is 0 Å². The van der Waals surface area contributed by atoms with Crippen LogP contribution in [0.5, 0.6) is 0 Å². The summed E-state index contributed by atoms with van der Waals surface area (Å²) in [7, 11) is 0. The molecule has 2 aromatic rings. The zero-order valence-electron chi connectivity index (χ0n) is 7.93. The monoisotopic (exact) mass is 220 g/mol. The maximum atomic E-state index is 11.7. The van der Waals surface area contributed by atoms with E-state index >= 15 is 0 Å². The zero-order chi connectivity index (χ0) is 10.4. The molecule has 1 amide bonds. The molecule has 0 atom stereocenters. The average molecular weight is 221 g/mol. The van der Waals surface area contributed by atoms with Crippen molar-refractivity contribution in [1.82, 2.24) is 10.3 Å². The first-order valence-electron chi connectivity index (χ1n) is 4.84. The Morgan fingerprint density at radius 3 is 3.07 bits per heavy atom. The van der Waals surface area contributed by atoms with Crippen molar-refractivity contribution in [2.45, 2.75) is 6.42 Å². The molecule has 4 heteroatoms. The first-order valence-corrected chi connectivity index (χ1v) is 5.22. The van der Waals surface area contributed by atoms with Crippen molar-refractivity contribution >= 4 is 28.4 Å². The van der Waals surface area contributed by atoms with E-state index in [-0.39, 0.29) is 5.91 Å². The van der Waals surface area contributed by atoms with E-state index in [1.54, 1.807) is 0 Å². The number of carbonyl (C=O) groups excluding carboxylic acids is 1. The molecule has 1 aromatic carbocycles. The molecule has 0 aliphatic carbocycles. The van der Waals surface area contributed by atoms with Gasteiger partial charge in [-0.1, -0.05) is 11.6 Å². The third-order valence-corrected chi connectivity index (χ3v) is 2.96. The van der Waals surface area contributed by atoms with Crippen LogP contribution in [0.1, 0.15) is 16.1 Å². The Labute approximate surface area is 91.4 Å². The Morgan fingerprint density at radius 2 is 2.20 bits per heavy atom. The molecule has 0 spiro atoms. The number of carbonyl (C=O) groups is 1. The number of hydrogen-bond acceptors (Lipinski definition) is 1. The van der Waals surface area contributed by atoms with Gasteiger partial charge in [-0.3, -0.25) is 4.79 Å². The largest absolute Gasteiger partial charge is 0.358 e. The fourth-order valence-electron chi connectivity index (χ4n) is 2.06. The molecule has 0 bridgehead atoms. The Kier molecular flexibility index (Phi) is 1.76. The van der Waals surface area contributed by atoms with Crippen LogP contribution in [0, 0.1) is 0 Å². The summed E-state index contributed by atoms with van der Waals surface area (Å²) in [6.07, 6.45) is 0.855. The second kappa shape index (κ2) is 3.00. The van der Waals surface area contributed by atoms with Crippen LogP contribution >= 0.6 is 11.6 Å². The quantitative estimate of drug-likeness (QED) is 0.702. The summed E-state index contributed by atoms with van der Waals surface area (Å²) in [5, 5.41) is 4.40. The van der Waals surface area contributed by atoms with Crippen LogP contribution in [0.25, 0.3) is 10.9 Å². The molecule has 3 nitrogen and oxygen atoms in total. The van der Waals surface area contributed by atoms with Crippen molar-refractivity contribution in [2.75, 3.05) is 6.54 Å². The number of halogens is 1. The van der Waals surface area contributed by atoms with Gasteiger partial charge < -0.3 is 10.3 Å². The minimum Gasteiger partial charge on any atom is -0.358 e. The topological polar surface area (TPSA) is 44.9 Å². The van der Waals surface area contributed by atoms with E-state index in [0.717, 1.165) is 28.6 Å². The molecule has 0 unspecified atom stereocenters. The number of aromatic amines is 1. The van der Waals surface area contributed by atoms with Crippen molar-refractivity contribution in [2.24, 2.45) is 0 Å². The molecule has 1 aliphatic heterocycles. The first-order chi connectivity index (χ1) is 7.25. The van der Waals surface area contributed by atoms with Gasteiger partial charge >= 0.3 is 0 Å². The van der Waals surface area contributed by atoms with Gasteiger partial charge in [-0.05, 0) is 18.2 Å². The number of hydrogen-bond donors (Lipinski definition) is 2. The fourth-order valence-corrected chi connectivity index (χ4v) is 2.23. The van der Waals surface area contributed by atoms with E-state index < -0.39 is 0 Å². The SMILES string of the molecule is O=C1NCCc2[nH]c3ccc(Cl)cc3c21. The maximum absolute atomic E-state index is 11.7. The number of fused-ring (bicyclic) bond motifs is 3. The Bertz CT molecular complexity index is 559. The van der Waals surface area contributed by atoms with Crippen LogP contribution in [0.15, 0.2) is 18.2 Å². The van der Waals surface area contributed by atoms with Crippen molar-refractivity contribution < 1.29 is 4.79 Å². The van der Waals surface area contributed by atoms with Gasteiger partial charge in [0.25, 0.3) is 5.91 Å². The molecule has 3 rings (SSSR count). The lowest BCUT2D eigenvalue weighted by Gasteiger charge is -2.11. The predicted molar refractivity (Wildman–Crippen MR) is 59.3 cm³/mol. The van der Waals surface area contributed by atoms with E-state index in [9.17, 15) is 4.79 Å². The number of H-pyrrole nitrogens is 1. The normalized spacial score (nSPS) is 15.1. The molecule has 0 saturated heterocycles. The molecule has 0 radical (unpaired) electrons. The first kappa shape index (κ1) is 8.80. The number of aromatic nitrogens is 1. The lowest BCUT2D eigenvalue weighted by atomic mass is 10.1. The van der Waals surface area contributed by atoms with Gasteiger partial charge in [-0.2, -0.15) is 0 Å². The number of amides is 1. The maximum Gasteiger partial charge on any atom is 0.253 e. The van der Waals surface area contributed by atoms with E-state index in [0.29, 0.717) is 11.6 Å². The Hall–Kier alpha value is -1.48. The van der Waals surface area contributed by atoms with E-state index in [1.807, 2.05) is 18.2 Å². The number of benzene rings is 1. The van der Waals surface area contributed by atoms with Gasteiger partial charge in [0.1, 0.15) is 0 Å². The molecular formula is C11H9ClN2O. The lowest BCUT2D eigenvalue weighted by molar-refractivity contribution is 0.0947. The van der Waals surface area contributed by atoms with Crippen molar-refractivity contribution in [3.8, 4) is 0 Å². The second-order valence-electron chi connectivity index (χ2n) is 3.67. The summed E-state index contributed by atoms with van der Waals surface area (Å²) in [4.78, 5) is 15.0. The number of rotatable bonds is 0. The summed E-state index contributed by atoms with van der Waals surface area (Å²) in [6.45, 7) is 0.701. The predicted octanol–water partition coefficient (Wildman–Crippen LogP) is 2.11. The molecule has 2 heterocycles. The zero-order valence-corrected chi connectivity index (χ0v) is 8.69. The van der Waals surface area contributed by atoms with Crippen molar-refractivity contribution in [3.05, 3.63) is 34.5 Å². The molecule has 2 N–H and O–H groups in total. The molecular weight excluding hydrogens is 212 g/mol. The molecule has 0 saturated carbocycles. The smallest absolute Gasteiger partial charge is 0.253 e. The highest BCUT2D eigenvalue weighted by molar-refractivity contribution is 6.31. The molecule has 15 heavy (non-hydrogen) atoms. The van der Waals surface area contributed by atoms with Crippen LogP contribution in [0.2, 0.25) is 5.02 Å². The third-order valence-electron chi connectivity index (χ3n) is 2.73. The molecule has 1 aromatic heterocycles. The highest BCUT2D eigenvalue weighted by Crippen LogP contribution is 2.27. The second-order valence-corrected chi connectivity index (χ2v) is 4.11. The minimum absolute atomic E-state index is 0.00948. The van der Waals surface area contributed by atoms with Gasteiger partial charge in [0, 0.05) is 34.6 Å². The fraction of sp³-hybridized carbons (Fsp3) is 0.182. The van der Waals surface area contributed by atoms with E-state index in [4.69, 9.17) is 11.6 Å². The summed E-state index contributed by atoms with van der Waals surface area (Å²) >= 11 is 5.92. The summed E-state index contributed by atoms with van der Waals surface area (Å²) in [5.74, 6) is -0.00948. The summed E-state index contributed by atoms with van der Waals surface area (Å²) in [5.41, 5.74) is 2.73. The molecule has 1 aliphatic rings. The molecule has 0 fully saturated rings. The summed E-state index contributed by atoms with van der Waals surface area (Å²) in [6, 6.07) is 5.56. The van der Waals surface area contributed by atoms with Crippen LogP contribution in [0.3, 0.4) is 0 Å². The third kappa shape index (κ3) is 1.23. The van der Waals surface area contributed by atoms with Crippen molar-refractivity contribution in [3.63, 3.8) is 0 Å². The molecule has 76 valence electrons. The van der Waals surface area contributed by atoms with E-state index in [2.05, 4.69) is 10.3 Å². The summed E-state index contributed by atoms with van der Waals surface area (Å²) < 4.78 is 0. The van der Waals surface area contributed by atoms with Gasteiger partial charge in [0.15, 0.2) is 0 Å². The van der Waals surface area contributed by atoms with Gasteiger partial charge in [-0.15, -0.1) is 0 Å². The Balaban J connectivity index is 2.38. The average Bonchev–Trinajstić information content (AvgIpc) is 2.57. The lowest BCUT2D eigenvalue weighted by Crippen LogP contribution is -2.31. The van der Waals surface area contributed by atoms with Crippen LogP contribution in [-0.2, 0) is 6.42 Å². The van der Waals surface area contributed by atoms with E-state index in [1.165, 1.54) is 0 Å². The highest BCUT2D eigenvalue weighted by Gasteiger charge is 2.21. The number of nitrogens with one attached hydrogen (secondary N) is 2. The van der Waals surface area contributed by atoms with Gasteiger partial charge in [0.2, 0.25) is 0 Å². The van der Waals surface area contributed by atoms with Crippen molar-refractivity contribution in [1.29, 1.82) is 0 Å². The van der Waals surface area contributed by atoms with Gasteiger partial charge in [-0.25, -0.2) is 0 Å². The minimum atomic E-state index is -0.00948. The standard InChI is InChI=1S/C11H9ClN2O/c12-6-1-2-8-7(5-6)10-9(14-8)3-4-13-11(10)15/h1-2,5,14H,3-4H2,(H,13,15). The van der Waals surface area contributed by atoms with Gasteiger partial charge in [0.05, 0.1) is 5.56 Å². The highest BCUT2D eigenvalue weighted by atomic mass is 35.5. The Morgan fingerprint density at radius 1 is 1.33 bits per heavy atom.